The molecule has 0 spiro atoms. The molecule has 1 radical (unpaired) electrons. The third-order valence-corrected chi connectivity index (χ3v) is 5.24. The Labute approximate surface area is 150 Å². The number of rotatable bonds is 5. The zero-order chi connectivity index (χ0) is 17.1. The summed E-state index contributed by atoms with van der Waals surface area (Å²) in [6.45, 7) is 3.98. The number of methoxy groups -OCH3 is 1. The fourth-order valence-corrected chi connectivity index (χ4v) is 3.76. The number of ketones is 1. The molecule has 0 aliphatic rings. The molecule has 2 nitrogen and oxygen atoms in total. The summed E-state index contributed by atoms with van der Waals surface area (Å²) in [6, 6.07) is 16.7. The summed E-state index contributed by atoms with van der Waals surface area (Å²) < 4.78 is 5.13. The van der Waals surface area contributed by atoms with E-state index in [9.17, 15) is 4.79 Å². The lowest BCUT2D eigenvalue weighted by Crippen LogP contribution is -1.98. The summed E-state index contributed by atoms with van der Waals surface area (Å²) in [6.07, 6.45) is 0.629. The summed E-state index contributed by atoms with van der Waals surface area (Å²) in [5.74, 6) is 0.746. The number of benzene rings is 2. The first-order valence-electron chi connectivity index (χ1n) is 7.49. The molecule has 0 fully saturated rings. The molecule has 24 heavy (non-hydrogen) atoms. The van der Waals surface area contributed by atoms with E-state index in [4.69, 9.17) is 16.3 Å². The van der Waals surface area contributed by atoms with E-state index in [0.717, 1.165) is 21.8 Å². The summed E-state index contributed by atoms with van der Waals surface area (Å²) in [7, 11) is 1.61. The van der Waals surface area contributed by atoms with Gasteiger partial charge in [0.25, 0.3) is 0 Å². The zero-order valence-corrected chi connectivity index (χ0v) is 14.8. The summed E-state index contributed by atoms with van der Waals surface area (Å²) >= 11 is 7.45. The van der Waals surface area contributed by atoms with Crippen LogP contribution >= 0.6 is 22.9 Å². The molecule has 0 aliphatic heterocycles. The van der Waals surface area contributed by atoms with Crippen LogP contribution in [0.3, 0.4) is 0 Å². The minimum absolute atomic E-state index is 0.0116. The lowest BCUT2D eigenvalue weighted by atomic mass is 10.1. The maximum absolute atomic E-state index is 12.7. The molecule has 121 valence electrons. The molecular formula is C20H16ClO2S. The van der Waals surface area contributed by atoms with E-state index in [0.29, 0.717) is 21.9 Å². The van der Waals surface area contributed by atoms with Crippen LogP contribution in [-0.4, -0.2) is 12.9 Å². The fourth-order valence-electron chi connectivity index (χ4n) is 2.46. The van der Waals surface area contributed by atoms with Gasteiger partial charge in [0.1, 0.15) is 5.75 Å². The summed E-state index contributed by atoms with van der Waals surface area (Å²) in [5, 5.41) is 0.695. The average molecular weight is 356 g/mol. The Bertz CT molecular complexity index is 848. The van der Waals surface area contributed by atoms with Gasteiger partial charge in [-0.1, -0.05) is 23.7 Å². The van der Waals surface area contributed by atoms with Crippen LogP contribution in [0.15, 0.2) is 54.6 Å². The minimum Gasteiger partial charge on any atom is -0.497 e. The van der Waals surface area contributed by atoms with Gasteiger partial charge < -0.3 is 4.74 Å². The van der Waals surface area contributed by atoms with Crippen LogP contribution in [0.5, 0.6) is 5.75 Å². The second-order valence-electron chi connectivity index (χ2n) is 5.28. The van der Waals surface area contributed by atoms with Crippen LogP contribution in [0.4, 0.5) is 0 Å². The molecule has 4 heteroatoms. The first kappa shape index (κ1) is 16.7. The zero-order valence-electron chi connectivity index (χ0n) is 13.2. The van der Waals surface area contributed by atoms with Crippen LogP contribution < -0.4 is 4.74 Å². The van der Waals surface area contributed by atoms with Crippen LogP contribution in [0.25, 0.3) is 10.4 Å². The maximum atomic E-state index is 12.7. The van der Waals surface area contributed by atoms with Crippen molar-refractivity contribution in [2.75, 3.05) is 7.11 Å². The van der Waals surface area contributed by atoms with Gasteiger partial charge in [0.05, 0.1) is 12.0 Å². The first-order chi connectivity index (χ1) is 11.6. The normalized spacial score (nSPS) is 10.6. The molecule has 3 aromatic rings. The number of hydrogen-bond donors (Lipinski definition) is 0. The fraction of sp³-hybridized carbons (Fsp3) is 0.100. The molecular weight excluding hydrogens is 340 g/mol. The Morgan fingerprint density at radius 1 is 1.12 bits per heavy atom. The van der Waals surface area contributed by atoms with Crippen LogP contribution in [-0.2, 0) is 6.42 Å². The number of hydrogen-bond acceptors (Lipinski definition) is 3. The highest BCUT2D eigenvalue weighted by Gasteiger charge is 2.16. The van der Waals surface area contributed by atoms with Gasteiger partial charge in [-0.3, -0.25) is 4.79 Å². The van der Waals surface area contributed by atoms with Gasteiger partial charge in [0, 0.05) is 15.5 Å². The quantitative estimate of drug-likeness (QED) is 0.550. The summed E-state index contributed by atoms with van der Waals surface area (Å²) in [4.78, 5) is 14.5. The van der Waals surface area contributed by atoms with E-state index in [1.807, 2.05) is 30.3 Å². The van der Waals surface area contributed by atoms with Crippen molar-refractivity contribution in [2.24, 2.45) is 0 Å². The van der Waals surface area contributed by atoms with Crippen molar-refractivity contribution in [2.45, 2.75) is 6.42 Å². The van der Waals surface area contributed by atoms with Crippen molar-refractivity contribution in [1.82, 2.24) is 0 Å². The van der Waals surface area contributed by atoms with Gasteiger partial charge in [-0.25, -0.2) is 0 Å². The Balaban J connectivity index is 1.96. The third kappa shape index (κ3) is 3.37. The molecule has 1 aromatic heterocycles. The number of ether oxygens (including phenoxy) is 1. The van der Waals surface area contributed by atoms with Crippen molar-refractivity contribution in [3.63, 3.8) is 0 Å². The highest BCUT2D eigenvalue weighted by Crippen LogP contribution is 2.35. The van der Waals surface area contributed by atoms with Gasteiger partial charge in [-0.05, 0) is 66.9 Å². The van der Waals surface area contributed by atoms with Gasteiger partial charge in [-0.2, -0.15) is 0 Å². The SMILES string of the molecule is [CH2]Cc1cc(C(=O)c2ccc(OC)cc2)sc1-c1ccc(Cl)cc1. The smallest absolute Gasteiger partial charge is 0.202 e. The van der Waals surface area contributed by atoms with Crippen molar-refractivity contribution < 1.29 is 9.53 Å². The second-order valence-corrected chi connectivity index (χ2v) is 6.77. The van der Waals surface area contributed by atoms with Crippen molar-refractivity contribution in [3.05, 3.63) is 82.5 Å². The number of carbonyl (C=O) groups is 1. The van der Waals surface area contributed by atoms with E-state index in [2.05, 4.69) is 6.92 Å². The second kappa shape index (κ2) is 7.20. The van der Waals surface area contributed by atoms with Crippen LogP contribution in [0.1, 0.15) is 20.8 Å². The Morgan fingerprint density at radius 2 is 1.79 bits per heavy atom. The van der Waals surface area contributed by atoms with E-state index >= 15 is 0 Å². The van der Waals surface area contributed by atoms with Crippen LogP contribution in [0, 0.1) is 6.92 Å². The van der Waals surface area contributed by atoms with E-state index < -0.39 is 0 Å². The molecule has 0 saturated carbocycles. The molecule has 2 aromatic carbocycles. The van der Waals surface area contributed by atoms with Gasteiger partial charge in [-0.15, -0.1) is 11.3 Å². The Kier molecular flexibility index (Phi) is 5.03. The first-order valence-corrected chi connectivity index (χ1v) is 8.68. The van der Waals surface area contributed by atoms with Crippen LogP contribution in [0.2, 0.25) is 5.02 Å². The highest BCUT2D eigenvalue weighted by atomic mass is 35.5. The predicted molar refractivity (Wildman–Crippen MR) is 100 cm³/mol. The van der Waals surface area contributed by atoms with E-state index in [1.165, 1.54) is 11.3 Å². The number of carbonyl (C=O) groups excluding carboxylic acids is 1. The third-order valence-electron chi connectivity index (χ3n) is 3.76. The van der Waals surface area contributed by atoms with Crippen molar-refractivity contribution in [1.29, 1.82) is 0 Å². The lowest BCUT2D eigenvalue weighted by molar-refractivity contribution is 0.104. The Morgan fingerprint density at radius 3 is 2.38 bits per heavy atom. The molecule has 0 atom stereocenters. The topological polar surface area (TPSA) is 26.3 Å². The van der Waals surface area contributed by atoms with E-state index in [-0.39, 0.29) is 5.78 Å². The largest absolute Gasteiger partial charge is 0.497 e. The molecule has 0 aliphatic carbocycles. The average Bonchev–Trinajstić information content (AvgIpc) is 3.06. The minimum atomic E-state index is 0.0116. The number of halogens is 1. The molecule has 1 heterocycles. The maximum Gasteiger partial charge on any atom is 0.202 e. The Hall–Kier alpha value is -2.10. The summed E-state index contributed by atoms with van der Waals surface area (Å²) in [5.41, 5.74) is 2.77. The van der Waals surface area contributed by atoms with Crippen molar-refractivity contribution in [3.8, 4) is 16.2 Å². The van der Waals surface area contributed by atoms with Crippen molar-refractivity contribution >= 4 is 28.7 Å². The molecule has 0 saturated heterocycles. The van der Waals surface area contributed by atoms with Gasteiger partial charge in [0.15, 0.2) is 0 Å². The standard InChI is InChI=1S/C20H16ClO2S/c1-3-13-12-18(19(22)14-6-10-17(23-2)11-7-14)24-20(13)15-4-8-16(21)9-5-15/h4-12H,1,3H2,2H3. The van der Waals surface area contributed by atoms with E-state index in [1.54, 1.807) is 31.4 Å². The lowest BCUT2D eigenvalue weighted by Gasteiger charge is -2.02. The highest BCUT2D eigenvalue weighted by molar-refractivity contribution is 7.17. The molecule has 0 N–H and O–H groups in total. The van der Waals surface area contributed by atoms with Gasteiger partial charge in [0.2, 0.25) is 5.78 Å². The monoisotopic (exact) mass is 355 g/mol. The molecule has 3 rings (SSSR count). The number of thiophene rings is 1. The molecule has 0 amide bonds. The molecule has 0 unspecified atom stereocenters. The predicted octanol–water partition coefficient (Wildman–Crippen LogP) is 5.68. The van der Waals surface area contributed by atoms with Gasteiger partial charge >= 0.3 is 0 Å². The molecule has 0 bridgehead atoms.